The highest BCUT2D eigenvalue weighted by molar-refractivity contribution is 9.11. The highest BCUT2D eigenvalue weighted by atomic mass is 79.9. The van der Waals surface area contributed by atoms with E-state index in [1.165, 1.54) is 35.7 Å². The van der Waals surface area contributed by atoms with Crippen LogP contribution in [0.4, 0.5) is 23.3 Å². The summed E-state index contributed by atoms with van der Waals surface area (Å²) < 4.78 is 1.32. The van der Waals surface area contributed by atoms with E-state index in [0.717, 1.165) is 185 Å². The summed E-state index contributed by atoms with van der Waals surface area (Å²) >= 11 is 12.0. The number of fused-ring (bicyclic) bond motifs is 3. The van der Waals surface area contributed by atoms with Gasteiger partial charge in [-0.05, 0) is 220 Å². The van der Waals surface area contributed by atoms with Crippen molar-refractivity contribution in [3.05, 3.63) is 188 Å². The summed E-state index contributed by atoms with van der Waals surface area (Å²) in [4.78, 5) is 121. The lowest BCUT2D eigenvalue weighted by Crippen LogP contribution is -2.40. The van der Waals surface area contributed by atoms with E-state index < -0.39 is 43.0 Å². The number of halogens is 3. The number of benzene rings is 2. The van der Waals surface area contributed by atoms with Gasteiger partial charge in [0.05, 0.1) is 40.2 Å². The second-order valence-corrected chi connectivity index (χ2v) is 32.2. The molecule has 0 fully saturated rings. The molecule has 2 aromatic carbocycles. The number of rotatable bonds is 39. The maximum Gasteiger partial charge on any atom is 0.488 e. The third-order valence-corrected chi connectivity index (χ3v) is 21.9. The molecule has 646 valence electrons. The number of nitrogens with zero attached hydrogens (tertiary/aromatic N) is 15. The van der Waals surface area contributed by atoms with Gasteiger partial charge in [0.15, 0.2) is 0 Å². The van der Waals surface area contributed by atoms with E-state index in [-0.39, 0.29) is 37.4 Å². The molecule has 3 aliphatic heterocycles. The Labute approximate surface area is 726 Å². The Bertz CT molecular complexity index is 4460. The van der Waals surface area contributed by atoms with E-state index in [1.54, 1.807) is 99.8 Å². The molecule has 3 amide bonds. The average molecular weight is 1800 g/mol. The van der Waals surface area contributed by atoms with Crippen LogP contribution in [0.1, 0.15) is 117 Å². The Kier molecular flexibility index (Phi) is 43.1. The number of nitrogens with one attached hydrogen (secondary N) is 4. The number of unbranched alkanes of at least 4 members (excludes halogenated alkanes) is 3. The second kappa shape index (κ2) is 53.1. The monoisotopic (exact) mass is 1800 g/mol. The fourth-order valence-corrected chi connectivity index (χ4v) is 13.7. The van der Waals surface area contributed by atoms with Crippen LogP contribution in [-0.4, -0.2) is 275 Å². The Morgan fingerprint density at radius 1 is 0.500 bits per heavy atom. The first kappa shape index (κ1) is 97.3. The van der Waals surface area contributed by atoms with Gasteiger partial charge in [0.2, 0.25) is 17.7 Å². The summed E-state index contributed by atoms with van der Waals surface area (Å²) in [5.41, 5.74) is 15.7. The fraction of sp³-hybridized carbons (Fsp3) is 0.471. The van der Waals surface area contributed by atoms with E-state index in [4.69, 9.17) is 47.4 Å². The Hall–Kier alpha value is -9.78. The van der Waals surface area contributed by atoms with Crippen molar-refractivity contribution in [3.63, 3.8) is 0 Å². The zero-order chi connectivity index (χ0) is 86.7. The van der Waals surface area contributed by atoms with Crippen molar-refractivity contribution in [3.8, 4) is 11.1 Å². The van der Waals surface area contributed by atoms with Gasteiger partial charge in [-0.3, -0.25) is 38.7 Å². The van der Waals surface area contributed by atoms with Crippen LogP contribution in [0.5, 0.6) is 0 Å². The molecule has 3 atom stereocenters. The van der Waals surface area contributed by atoms with Crippen LogP contribution in [0.15, 0.2) is 144 Å². The van der Waals surface area contributed by atoms with Gasteiger partial charge in [-0.25, -0.2) is 49.7 Å². The minimum Gasteiger partial charge on any atom is -0.481 e. The molecule has 8 aromatic rings. The third-order valence-electron chi connectivity index (χ3n) is 20.2. The number of likely N-dealkylation sites (N-methyl/N-ethyl adjacent to an activating group) is 3. The van der Waals surface area contributed by atoms with E-state index >= 15 is 0 Å². The maximum atomic E-state index is 12.5. The van der Waals surface area contributed by atoms with Crippen molar-refractivity contribution in [2.45, 2.75) is 134 Å². The van der Waals surface area contributed by atoms with Crippen molar-refractivity contribution >= 4 is 115 Å². The molecule has 11 N–H and O–H groups in total. The molecule has 0 saturated heterocycles. The average Bonchev–Trinajstić information content (AvgIpc) is 0.854. The number of pyridine rings is 3. The van der Waals surface area contributed by atoms with Gasteiger partial charge >= 0.3 is 25.0 Å². The summed E-state index contributed by atoms with van der Waals surface area (Å²) in [5.74, 6) is 0.0152. The number of nitrogens with two attached hydrogens (primary N) is 1. The minimum absolute atomic E-state index is 0.00586. The summed E-state index contributed by atoms with van der Waals surface area (Å²) in [6, 6.07) is 29.5. The Balaban J connectivity index is 0.000000227. The maximum absolute atomic E-state index is 12.5. The van der Waals surface area contributed by atoms with Crippen LogP contribution >= 0.6 is 43.5 Å². The predicted molar refractivity (Wildman–Crippen MR) is 475 cm³/mol. The Morgan fingerprint density at radius 2 is 0.917 bits per heavy atom. The van der Waals surface area contributed by atoms with Gasteiger partial charge in [0.1, 0.15) is 59.5 Å². The fourth-order valence-electron chi connectivity index (χ4n) is 13.0. The van der Waals surface area contributed by atoms with Crippen LogP contribution in [0.2, 0.25) is 5.15 Å². The molecule has 120 heavy (non-hydrogen) atoms. The van der Waals surface area contributed by atoms with Crippen molar-refractivity contribution in [1.82, 2.24) is 74.3 Å². The molecule has 0 aliphatic carbocycles. The van der Waals surface area contributed by atoms with Crippen molar-refractivity contribution in [1.29, 1.82) is 0 Å². The van der Waals surface area contributed by atoms with Crippen LogP contribution in [0.3, 0.4) is 0 Å². The predicted octanol–water partition coefficient (Wildman–Crippen LogP) is 8.82. The molecule has 3 aliphatic rings. The smallest absolute Gasteiger partial charge is 0.481 e. The summed E-state index contributed by atoms with van der Waals surface area (Å²) in [7, 11) is 9.05. The number of carboxylic acids is 3. The topological polar surface area (TPSA) is 413 Å². The van der Waals surface area contributed by atoms with Crippen LogP contribution in [0.25, 0.3) is 11.1 Å². The molecule has 35 heteroatoms. The van der Waals surface area contributed by atoms with Gasteiger partial charge in [-0.1, -0.05) is 90.5 Å². The van der Waals surface area contributed by atoms with Gasteiger partial charge < -0.3 is 67.1 Å². The van der Waals surface area contributed by atoms with Crippen molar-refractivity contribution in [2.75, 3.05) is 142 Å². The first-order valence-corrected chi connectivity index (χ1v) is 42.7. The molecule has 11 rings (SSSR count). The number of hydrogen-bond acceptors (Lipinski definition) is 25. The molecule has 6 aromatic heterocycles. The molecule has 0 radical (unpaired) electrons. The quantitative estimate of drug-likeness (QED) is 0.00976. The molecule has 0 saturated carbocycles. The summed E-state index contributed by atoms with van der Waals surface area (Å²) in [5, 5.41) is 59.4. The number of carbonyl (C=O) groups excluding carboxylic acids is 3. The number of hydrogen-bond donors (Lipinski definition) is 10. The highest BCUT2D eigenvalue weighted by Crippen LogP contribution is 2.28. The van der Waals surface area contributed by atoms with E-state index in [0.29, 0.717) is 72.8 Å². The lowest BCUT2D eigenvalue weighted by atomic mass is 9.81. The van der Waals surface area contributed by atoms with Crippen LogP contribution in [0, 0.1) is 5.92 Å². The van der Waals surface area contributed by atoms with Gasteiger partial charge in [-0.2, -0.15) is 0 Å². The number of carbonyl (C=O) groups is 6. The normalized spacial score (nSPS) is 13.1. The number of aryl methyl sites for hydroxylation is 6. The lowest BCUT2D eigenvalue weighted by molar-refractivity contribution is -0.142. The van der Waals surface area contributed by atoms with Gasteiger partial charge in [0, 0.05) is 123 Å². The lowest BCUT2D eigenvalue weighted by Gasteiger charge is -2.25. The van der Waals surface area contributed by atoms with E-state index in [9.17, 15) is 39.0 Å². The van der Waals surface area contributed by atoms with E-state index in [1.807, 2.05) is 46.2 Å². The van der Waals surface area contributed by atoms with Gasteiger partial charge in [0.25, 0.3) is 0 Å². The number of aliphatic carboxylic acids is 3. The summed E-state index contributed by atoms with van der Waals surface area (Å²) in [6.45, 7) is 7.35. The Morgan fingerprint density at radius 3 is 1.31 bits per heavy atom. The molecular formula is C85H116BBr2ClN20O11. The number of aromatic nitrogens is 9. The standard InChI is InChI=1S/C31H40N6O3.C24H34BrN7O3.C20H33N5O3.C6H7BO2.C4H2BrClN2/c1-36(2)29(38)21-37(17-7-6-12-26-14-13-24-11-8-16-33-30(24)35-26)18-15-25(31(39)40)19-28-27(20-32-22-34-28)23-9-4-3-5-10-23;1-31(2)21(33)15-32(13-10-20(24(34)35)30-23-19(25)14-26-16-28-23)12-4-3-7-18-9-8-17-6-5-11-27-22(17)29-18;1-24(2)18(26)14-25(13-10-17(21)20(27)28)12-4-3-7-16-9-8-15-6-5-11-22-19(15)23-16;8-7(9)6-4-2-1-3-5-6;5-3-1-7-2-8-4(3)6/h3-5,9-10,13-14,20,22,25H,6-8,11-12,15-19,21H2,1-2H3,(H,33,35)(H,39,40);8-9,14,16,20H,3-7,10-13,15H2,1-2H3,(H,27,29)(H,34,35)(H,26,28,30);8-9,17H,3-7,10-14,21H2,1-2H3,(H,22,23)(H,27,28);1-5,8-9H;1-2H/t25-;20-;17-;;/m100../s1. The second-order valence-electron chi connectivity index (χ2n) is 30.1. The molecular weight excluding hydrogens is 1680 g/mol. The third kappa shape index (κ3) is 35.5. The van der Waals surface area contributed by atoms with Crippen molar-refractivity contribution < 1.29 is 54.1 Å². The zero-order valence-electron chi connectivity index (χ0n) is 69.5. The summed E-state index contributed by atoms with van der Waals surface area (Å²) in [6.07, 6.45) is 25.3. The SMILES string of the molecule is CN(C)C(=O)CN(CCCCc1ccc2c(n1)NCCC2)CC[C@H](Cc1ncncc1-c1ccccc1)C(=O)O.CN(C)C(=O)CN(CCCCc1ccc2c(n1)NCCC2)CC[C@H](N)C(=O)O.CN(C)C(=O)CN(CCCCc1ccc2c(n1)NCCC2)CC[C@H](Nc1ncncc1Br)C(=O)O.Clc1ncncc1Br.OB(O)c1ccccc1. The van der Waals surface area contributed by atoms with E-state index in [2.05, 4.69) is 124 Å². The van der Waals surface area contributed by atoms with Gasteiger partial charge in [-0.15, -0.1) is 0 Å². The van der Waals surface area contributed by atoms with Crippen LogP contribution in [-0.2, 0) is 73.7 Å². The molecule has 0 unspecified atom stereocenters. The van der Waals surface area contributed by atoms with Crippen molar-refractivity contribution in [2.24, 2.45) is 11.7 Å². The highest BCUT2D eigenvalue weighted by Gasteiger charge is 2.26. The minimum atomic E-state index is -1.34. The molecule has 0 bridgehead atoms. The molecule has 31 nitrogen and oxygen atoms in total. The molecule has 9 heterocycles. The van der Waals surface area contributed by atoms with Crippen LogP contribution < -0.4 is 32.5 Å². The number of amides is 3. The largest absolute Gasteiger partial charge is 0.488 e. The first-order valence-electron chi connectivity index (χ1n) is 40.7. The zero-order valence-corrected chi connectivity index (χ0v) is 73.5. The number of anilines is 4. The molecule has 0 spiro atoms. The first-order chi connectivity index (χ1) is 57.7. The number of carboxylic acid groups (broad SMARTS) is 3.